The molecule has 1 aromatic carbocycles. The predicted molar refractivity (Wildman–Crippen MR) is 109 cm³/mol. The number of hydrogen-bond acceptors (Lipinski definition) is 4. The number of carbonyl (C=O) groups is 2. The van der Waals surface area contributed by atoms with Crippen LogP contribution in [0.1, 0.15) is 37.3 Å². The van der Waals surface area contributed by atoms with E-state index in [9.17, 15) is 18.4 Å². The largest absolute Gasteiger partial charge is 0.431 e. The molecule has 1 aliphatic heterocycles. The molecular weight excluding hydrogens is 416 g/mol. The molecule has 2 amide bonds. The number of amides is 2. The van der Waals surface area contributed by atoms with Crippen LogP contribution in [-0.4, -0.2) is 41.9 Å². The van der Waals surface area contributed by atoms with E-state index in [1.807, 2.05) is 38.1 Å². The topological polar surface area (TPSA) is 71.5 Å². The summed E-state index contributed by atoms with van der Waals surface area (Å²) >= 11 is 5.83. The summed E-state index contributed by atoms with van der Waals surface area (Å²) in [5.74, 6) is -1.14. The lowest BCUT2D eigenvalue weighted by atomic mass is 9.74. The maximum Gasteiger partial charge on any atom is 0.387 e. The number of nitrogens with zero attached hydrogens (tertiary/aromatic N) is 2. The Bertz CT molecular complexity index is 970. The Kier molecular flexibility index (Phi) is 6.26. The van der Waals surface area contributed by atoms with Crippen molar-refractivity contribution in [3.05, 3.63) is 52.7 Å². The molecule has 2 aromatic rings. The van der Waals surface area contributed by atoms with Crippen molar-refractivity contribution in [1.29, 1.82) is 0 Å². The van der Waals surface area contributed by atoms with Crippen molar-refractivity contribution in [3.63, 3.8) is 0 Å². The number of pyridine rings is 1. The first kappa shape index (κ1) is 22.0. The second-order valence-electron chi connectivity index (χ2n) is 7.58. The molecule has 6 nitrogen and oxygen atoms in total. The van der Waals surface area contributed by atoms with Gasteiger partial charge in [-0.25, -0.2) is 4.98 Å². The number of likely N-dealkylation sites (tertiary alicyclic amines) is 1. The first-order valence-electron chi connectivity index (χ1n) is 9.39. The fourth-order valence-electron chi connectivity index (χ4n) is 3.76. The van der Waals surface area contributed by atoms with E-state index in [-0.39, 0.29) is 41.4 Å². The number of halogens is 3. The van der Waals surface area contributed by atoms with Crippen molar-refractivity contribution in [2.24, 2.45) is 0 Å². The Morgan fingerprint density at radius 2 is 2.03 bits per heavy atom. The summed E-state index contributed by atoms with van der Waals surface area (Å²) in [6, 6.07) is 8.58. The molecular formula is C21H22ClF2N3O3. The quantitative estimate of drug-likeness (QED) is 0.735. The van der Waals surface area contributed by atoms with Crippen molar-refractivity contribution in [3.8, 4) is 5.75 Å². The summed E-state index contributed by atoms with van der Waals surface area (Å²) in [4.78, 5) is 31.4. The van der Waals surface area contributed by atoms with E-state index in [2.05, 4.69) is 15.0 Å². The molecule has 30 heavy (non-hydrogen) atoms. The molecule has 0 radical (unpaired) electrons. The normalized spacial score (nSPS) is 18.9. The van der Waals surface area contributed by atoms with Gasteiger partial charge in [-0.15, -0.1) is 0 Å². The Labute approximate surface area is 178 Å². The molecule has 1 atom stereocenters. The van der Waals surface area contributed by atoms with Crippen LogP contribution in [0.5, 0.6) is 5.75 Å². The van der Waals surface area contributed by atoms with Gasteiger partial charge in [0.15, 0.2) is 11.6 Å². The highest BCUT2D eigenvalue weighted by atomic mass is 35.5. The molecule has 1 aromatic heterocycles. The second kappa shape index (κ2) is 8.55. The lowest BCUT2D eigenvalue weighted by molar-refractivity contribution is -0.127. The van der Waals surface area contributed by atoms with Gasteiger partial charge in [-0.2, -0.15) is 8.78 Å². The van der Waals surface area contributed by atoms with E-state index in [1.54, 1.807) is 7.05 Å². The Morgan fingerprint density at radius 1 is 1.33 bits per heavy atom. The third-order valence-electron chi connectivity index (χ3n) is 5.19. The summed E-state index contributed by atoms with van der Waals surface area (Å²) in [5, 5.41) is 2.67. The Balaban J connectivity index is 2.06. The minimum atomic E-state index is -3.12. The number of likely N-dealkylation sites (N-methyl/N-ethyl adjacent to an activating group) is 1. The van der Waals surface area contributed by atoms with E-state index in [4.69, 9.17) is 11.6 Å². The van der Waals surface area contributed by atoms with Gasteiger partial charge in [0.1, 0.15) is 5.41 Å². The standard InChI is InChI=1S/C21H22ClF2N3O3/c1-12(2)14-6-4-5-7-15(14)21(9-17(28)27(3)11-21)19(29)26-18-16(30-20(23)24)8-13(22)10-25-18/h4-8,10,12,20H,9,11H2,1-3H3,(H,25,26,29). The van der Waals surface area contributed by atoms with Crippen LogP contribution in [0.15, 0.2) is 36.5 Å². The number of ether oxygens (including phenoxy) is 1. The van der Waals surface area contributed by atoms with Gasteiger partial charge in [-0.1, -0.05) is 49.7 Å². The molecule has 160 valence electrons. The minimum Gasteiger partial charge on any atom is -0.431 e. The average molecular weight is 438 g/mol. The van der Waals surface area contributed by atoms with Gasteiger partial charge in [0, 0.05) is 32.3 Å². The van der Waals surface area contributed by atoms with Crippen LogP contribution in [0.2, 0.25) is 5.02 Å². The number of carbonyl (C=O) groups excluding carboxylic acids is 2. The average Bonchev–Trinajstić information content (AvgIpc) is 2.99. The molecule has 1 N–H and O–H groups in total. The number of anilines is 1. The fourth-order valence-corrected chi connectivity index (χ4v) is 3.91. The number of aromatic nitrogens is 1. The van der Waals surface area contributed by atoms with E-state index in [1.165, 1.54) is 11.1 Å². The molecule has 2 heterocycles. The summed E-state index contributed by atoms with van der Waals surface area (Å²) < 4.78 is 30.1. The second-order valence-corrected chi connectivity index (χ2v) is 8.02. The van der Waals surface area contributed by atoms with Crippen molar-refractivity contribution in [2.75, 3.05) is 18.9 Å². The Hall–Kier alpha value is -2.74. The molecule has 1 unspecified atom stereocenters. The zero-order valence-corrected chi connectivity index (χ0v) is 17.5. The summed E-state index contributed by atoms with van der Waals surface area (Å²) in [6.07, 6.45) is 1.17. The van der Waals surface area contributed by atoms with Crippen LogP contribution in [0.4, 0.5) is 14.6 Å². The van der Waals surface area contributed by atoms with Crippen LogP contribution in [0.3, 0.4) is 0 Å². The number of rotatable bonds is 6. The van der Waals surface area contributed by atoms with Gasteiger partial charge in [0.05, 0.1) is 5.02 Å². The molecule has 9 heteroatoms. The summed E-state index contributed by atoms with van der Waals surface area (Å²) in [6.45, 7) is 1.04. The van der Waals surface area contributed by atoms with E-state index in [0.717, 1.165) is 17.2 Å². The zero-order chi connectivity index (χ0) is 22.1. The highest BCUT2D eigenvalue weighted by Crippen LogP contribution is 2.40. The van der Waals surface area contributed by atoms with Crippen molar-refractivity contribution in [1.82, 2.24) is 9.88 Å². The molecule has 0 saturated carbocycles. The lowest BCUT2D eigenvalue weighted by Gasteiger charge is -2.30. The van der Waals surface area contributed by atoms with Gasteiger partial charge in [0.2, 0.25) is 11.8 Å². The highest BCUT2D eigenvalue weighted by molar-refractivity contribution is 6.30. The summed E-state index contributed by atoms with van der Waals surface area (Å²) in [7, 11) is 1.63. The zero-order valence-electron chi connectivity index (χ0n) is 16.8. The first-order valence-corrected chi connectivity index (χ1v) is 9.77. The van der Waals surface area contributed by atoms with Crippen LogP contribution >= 0.6 is 11.6 Å². The van der Waals surface area contributed by atoms with Crippen LogP contribution in [0, 0.1) is 0 Å². The van der Waals surface area contributed by atoms with Crippen molar-refractivity contribution < 1.29 is 23.1 Å². The van der Waals surface area contributed by atoms with E-state index in [0.29, 0.717) is 0 Å². The number of alkyl halides is 2. The molecule has 0 bridgehead atoms. The third kappa shape index (κ3) is 4.23. The SMILES string of the molecule is CC(C)c1ccccc1C1(C(=O)Nc2ncc(Cl)cc2OC(F)F)CC(=O)N(C)C1. The first-order chi connectivity index (χ1) is 14.1. The number of hydrogen-bond donors (Lipinski definition) is 1. The van der Waals surface area contributed by atoms with Crippen LogP contribution in [0.25, 0.3) is 0 Å². The predicted octanol–water partition coefficient (Wildman–Crippen LogP) is 4.20. The lowest BCUT2D eigenvalue weighted by Crippen LogP contribution is -2.43. The molecule has 1 fully saturated rings. The summed E-state index contributed by atoms with van der Waals surface area (Å²) in [5.41, 5.74) is 0.459. The molecule has 1 aliphatic rings. The van der Waals surface area contributed by atoms with E-state index >= 15 is 0 Å². The van der Waals surface area contributed by atoms with Crippen molar-refractivity contribution >= 4 is 29.2 Å². The monoisotopic (exact) mass is 437 g/mol. The molecule has 3 rings (SSSR count). The van der Waals surface area contributed by atoms with E-state index < -0.39 is 17.9 Å². The number of benzene rings is 1. The molecule has 0 aliphatic carbocycles. The molecule has 1 saturated heterocycles. The number of nitrogens with one attached hydrogen (secondary N) is 1. The highest BCUT2D eigenvalue weighted by Gasteiger charge is 2.50. The fraction of sp³-hybridized carbons (Fsp3) is 0.381. The maximum atomic E-state index is 13.5. The Morgan fingerprint density at radius 3 is 2.63 bits per heavy atom. The van der Waals surface area contributed by atoms with Crippen molar-refractivity contribution in [2.45, 2.75) is 38.2 Å². The van der Waals surface area contributed by atoms with Gasteiger partial charge in [0.25, 0.3) is 0 Å². The van der Waals surface area contributed by atoms with Gasteiger partial charge in [-0.3, -0.25) is 9.59 Å². The minimum absolute atomic E-state index is 0.0440. The van der Waals surface area contributed by atoms with Gasteiger partial charge >= 0.3 is 6.61 Å². The van der Waals surface area contributed by atoms with Gasteiger partial charge in [-0.05, 0) is 17.0 Å². The van der Waals surface area contributed by atoms with Crippen LogP contribution in [-0.2, 0) is 15.0 Å². The smallest absolute Gasteiger partial charge is 0.387 e. The maximum absolute atomic E-state index is 13.5. The third-order valence-corrected chi connectivity index (χ3v) is 5.39. The molecule has 0 spiro atoms. The van der Waals surface area contributed by atoms with Crippen LogP contribution < -0.4 is 10.1 Å². The van der Waals surface area contributed by atoms with Gasteiger partial charge < -0.3 is 15.0 Å².